The normalized spacial score (nSPS) is 11.7. The highest BCUT2D eigenvalue weighted by Gasteiger charge is 2.26. The highest BCUT2D eigenvalue weighted by atomic mass is 32.2. The van der Waals surface area contributed by atoms with Crippen molar-refractivity contribution in [3.05, 3.63) is 94.7 Å². The van der Waals surface area contributed by atoms with Crippen LogP contribution in [0.2, 0.25) is 0 Å². The molecule has 1 heterocycles. The summed E-state index contributed by atoms with van der Waals surface area (Å²) < 4.78 is 56.8. The Kier molecular flexibility index (Phi) is 9.17. The number of nitrogens with zero attached hydrogens (tertiary/aromatic N) is 2. The second-order valence-electron chi connectivity index (χ2n) is 10.6. The number of aryl methyl sites for hydroxylation is 3. The summed E-state index contributed by atoms with van der Waals surface area (Å²) in [5.74, 6) is 2.25. The summed E-state index contributed by atoms with van der Waals surface area (Å²) in [4.78, 5) is 0.236. The Hall–Kier alpha value is -4.80. The Morgan fingerprint density at radius 1 is 0.711 bits per heavy atom. The van der Waals surface area contributed by atoms with Crippen molar-refractivity contribution in [3.8, 4) is 34.1 Å². The minimum absolute atomic E-state index is 0.0795. The van der Waals surface area contributed by atoms with Crippen LogP contribution in [-0.2, 0) is 14.8 Å². The van der Waals surface area contributed by atoms with Gasteiger partial charge >= 0.3 is 0 Å². The Morgan fingerprint density at radius 3 is 2.00 bits per heavy atom. The van der Waals surface area contributed by atoms with Crippen molar-refractivity contribution < 1.29 is 32.1 Å². The Morgan fingerprint density at radius 2 is 1.33 bits per heavy atom. The van der Waals surface area contributed by atoms with Crippen molar-refractivity contribution in [1.82, 2.24) is 9.19 Å². The summed E-state index contributed by atoms with van der Waals surface area (Å²) >= 11 is 0. The molecule has 0 N–H and O–H groups in total. The van der Waals surface area contributed by atoms with E-state index in [9.17, 15) is 8.42 Å². The second-order valence-corrected chi connectivity index (χ2v) is 12.3. The van der Waals surface area contributed by atoms with Crippen LogP contribution in [0, 0.1) is 20.8 Å². The minimum Gasteiger partial charge on any atom is -0.493 e. The SMILES string of the molecule is COCOc1ccc(-c2ccc3c(/C=C/c4ccc(OC)c(OC)c4)nn(S(=O)(=O)c4c(C)cc(C)cc4C)c3c2)cc1OC. The molecule has 5 aromatic rings. The molecule has 5 rings (SSSR count). The predicted octanol–water partition coefficient (Wildman–Crippen LogP) is 7.04. The summed E-state index contributed by atoms with van der Waals surface area (Å²) in [6.45, 7) is 5.64. The quantitative estimate of drug-likeness (QED) is 0.144. The zero-order valence-electron chi connectivity index (χ0n) is 26.4. The highest BCUT2D eigenvalue weighted by Crippen LogP contribution is 2.36. The van der Waals surface area contributed by atoms with E-state index in [-0.39, 0.29) is 11.7 Å². The van der Waals surface area contributed by atoms with Crippen molar-refractivity contribution in [2.24, 2.45) is 0 Å². The molecular weight excluding hydrogens is 592 g/mol. The second kappa shape index (κ2) is 13.1. The Bertz CT molecular complexity index is 1990. The number of hydrogen-bond donors (Lipinski definition) is 0. The predicted molar refractivity (Wildman–Crippen MR) is 176 cm³/mol. The van der Waals surface area contributed by atoms with Crippen LogP contribution in [-0.4, -0.2) is 52.8 Å². The molecule has 0 spiro atoms. The smallest absolute Gasteiger partial charge is 0.284 e. The summed E-state index contributed by atoms with van der Waals surface area (Å²) in [6, 6.07) is 20.4. The fourth-order valence-electron chi connectivity index (χ4n) is 5.48. The van der Waals surface area contributed by atoms with Gasteiger partial charge in [-0.25, -0.2) is 0 Å². The standard InChI is InChI=1S/C35H36N2O7S/c1-22-16-23(2)35(24(3)17-22)45(38,39)37-30-19-26(27-11-15-32(44-21-40-4)34(20-27)43-7)10-12-28(30)29(36-37)13-8-25-9-14-31(41-5)33(18-25)42-6/h8-20H,21H2,1-7H3/b13-8+. The van der Waals surface area contributed by atoms with Crippen molar-refractivity contribution in [1.29, 1.82) is 0 Å². The molecule has 0 saturated carbocycles. The Labute approximate surface area is 263 Å². The molecule has 0 amide bonds. The molecule has 0 unspecified atom stereocenters. The third-order valence-electron chi connectivity index (χ3n) is 7.44. The number of aromatic nitrogens is 2. The van der Waals surface area contributed by atoms with E-state index in [1.54, 1.807) is 54.4 Å². The maximum absolute atomic E-state index is 14.3. The lowest BCUT2D eigenvalue weighted by molar-refractivity contribution is 0.0492. The van der Waals surface area contributed by atoms with Crippen LogP contribution in [0.25, 0.3) is 34.2 Å². The van der Waals surface area contributed by atoms with Gasteiger partial charge in [0.2, 0.25) is 0 Å². The molecule has 0 aliphatic heterocycles. The van der Waals surface area contributed by atoms with Gasteiger partial charge in [-0.3, -0.25) is 0 Å². The number of benzene rings is 4. The van der Waals surface area contributed by atoms with Gasteiger partial charge < -0.3 is 23.7 Å². The summed E-state index contributed by atoms with van der Waals surface area (Å²) in [5.41, 5.74) is 5.68. The maximum atomic E-state index is 14.3. The van der Waals surface area contributed by atoms with Gasteiger partial charge in [-0.05, 0) is 91.1 Å². The van der Waals surface area contributed by atoms with Crippen LogP contribution >= 0.6 is 0 Å². The summed E-state index contributed by atoms with van der Waals surface area (Å²) in [7, 11) is 2.19. The lowest BCUT2D eigenvalue weighted by atomic mass is 10.0. The fourth-order valence-corrected chi connectivity index (χ4v) is 7.19. The number of fused-ring (bicyclic) bond motifs is 1. The zero-order valence-corrected chi connectivity index (χ0v) is 27.2. The van der Waals surface area contributed by atoms with Crippen molar-refractivity contribution >= 4 is 33.1 Å². The molecule has 0 aliphatic carbocycles. The minimum atomic E-state index is -4.08. The van der Waals surface area contributed by atoms with Crippen LogP contribution in [0.5, 0.6) is 23.0 Å². The van der Waals surface area contributed by atoms with E-state index in [1.807, 2.05) is 73.7 Å². The molecule has 10 heteroatoms. The molecule has 0 aliphatic rings. The van der Waals surface area contributed by atoms with Crippen LogP contribution < -0.4 is 18.9 Å². The van der Waals surface area contributed by atoms with E-state index in [0.29, 0.717) is 50.7 Å². The van der Waals surface area contributed by atoms with Gasteiger partial charge in [0.25, 0.3) is 10.0 Å². The number of ether oxygens (including phenoxy) is 5. The number of methoxy groups -OCH3 is 4. The molecule has 234 valence electrons. The Balaban J connectivity index is 1.68. The average Bonchev–Trinajstić information content (AvgIpc) is 3.40. The van der Waals surface area contributed by atoms with Crippen molar-refractivity contribution in [2.75, 3.05) is 35.2 Å². The van der Waals surface area contributed by atoms with Crippen LogP contribution in [0.1, 0.15) is 27.9 Å². The van der Waals surface area contributed by atoms with Gasteiger partial charge in [-0.15, -0.1) is 0 Å². The van der Waals surface area contributed by atoms with Gasteiger partial charge in [-0.2, -0.15) is 17.6 Å². The highest BCUT2D eigenvalue weighted by molar-refractivity contribution is 7.90. The third-order valence-corrected chi connectivity index (χ3v) is 9.33. The molecular formula is C35H36N2O7S. The molecule has 0 fully saturated rings. The van der Waals surface area contributed by atoms with E-state index < -0.39 is 10.0 Å². The van der Waals surface area contributed by atoms with Gasteiger partial charge in [0.05, 0.1) is 37.4 Å². The first-order valence-corrected chi connectivity index (χ1v) is 15.6. The molecule has 0 bridgehead atoms. The largest absolute Gasteiger partial charge is 0.493 e. The average molecular weight is 629 g/mol. The molecule has 0 atom stereocenters. The van der Waals surface area contributed by atoms with Gasteiger partial charge in [0, 0.05) is 12.5 Å². The summed E-state index contributed by atoms with van der Waals surface area (Å²) in [6.07, 6.45) is 3.66. The van der Waals surface area contributed by atoms with Crippen molar-refractivity contribution in [2.45, 2.75) is 25.7 Å². The lowest BCUT2D eigenvalue weighted by Gasteiger charge is -2.14. The van der Waals surface area contributed by atoms with Crippen LogP contribution in [0.3, 0.4) is 0 Å². The maximum Gasteiger partial charge on any atom is 0.284 e. The van der Waals surface area contributed by atoms with Crippen LogP contribution in [0.15, 0.2) is 71.6 Å². The monoisotopic (exact) mass is 628 g/mol. The first-order chi connectivity index (χ1) is 21.6. The molecule has 45 heavy (non-hydrogen) atoms. The fraction of sp³-hybridized carbons (Fsp3) is 0.229. The zero-order chi connectivity index (χ0) is 32.3. The third kappa shape index (κ3) is 6.25. The van der Waals surface area contributed by atoms with E-state index in [4.69, 9.17) is 23.7 Å². The topological polar surface area (TPSA) is 98.1 Å². The lowest BCUT2D eigenvalue weighted by Crippen LogP contribution is -2.17. The van der Waals surface area contributed by atoms with Crippen molar-refractivity contribution in [3.63, 3.8) is 0 Å². The molecule has 0 radical (unpaired) electrons. The van der Waals surface area contributed by atoms with Gasteiger partial charge in [0.15, 0.2) is 29.8 Å². The first kappa shape index (κ1) is 31.6. The number of rotatable bonds is 11. The molecule has 4 aromatic carbocycles. The van der Waals surface area contributed by atoms with Gasteiger partial charge in [0.1, 0.15) is 0 Å². The van der Waals surface area contributed by atoms with Gasteiger partial charge in [-0.1, -0.05) is 42.0 Å². The van der Waals surface area contributed by atoms with E-state index in [0.717, 1.165) is 26.3 Å². The van der Waals surface area contributed by atoms with E-state index >= 15 is 0 Å². The molecule has 9 nitrogen and oxygen atoms in total. The number of hydrogen-bond acceptors (Lipinski definition) is 8. The molecule has 1 aromatic heterocycles. The first-order valence-electron chi connectivity index (χ1n) is 14.2. The van der Waals surface area contributed by atoms with E-state index in [1.165, 1.54) is 0 Å². The van der Waals surface area contributed by atoms with E-state index in [2.05, 4.69) is 5.10 Å². The summed E-state index contributed by atoms with van der Waals surface area (Å²) in [5, 5.41) is 5.35. The molecule has 0 saturated heterocycles. The van der Waals surface area contributed by atoms with Crippen LogP contribution in [0.4, 0.5) is 0 Å².